The summed E-state index contributed by atoms with van der Waals surface area (Å²) in [6.45, 7) is 4.00. The van der Waals surface area contributed by atoms with Crippen molar-refractivity contribution in [1.29, 1.82) is 0 Å². The highest BCUT2D eigenvalue weighted by atomic mass is 35.5. The minimum Gasteiger partial charge on any atom is -0.330 e. The van der Waals surface area contributed by atoms with Crippen molar-refractivity contribution in [1.82, 2.24) is 4.90 Å². The van der Waals surface area contributed by atoms with Crippen LogP contribution in [0.2, 0.25) is 5.02 Å². The molecule has 0 fully saturated rings. The number of nitrogens with zero attached hydrogens (tertiary/aromatic N) is 1. The Kier molecular flexibility index (Phi) is 5.81. The van der Waals surface area contributed by atoms with E-state index in [1.54, 1.807) is 0 Å². The third kappa shape index (κ3) is 3.78. The third-order valence-corrected chi connectivity index (χ3v) is 3.14. The number of rotatable bonds is 6. The van der Waals surface area contributed by atoms with Gasteiger partial charge in [0.2, 0.25) is 0 Å². The van der Waals surface area contributed by atoms with Gasteiger partial charge >= 0.3 is 0 Å². The van der Waals surface area contributed by atoms with E-state index in [1.165, 1.54) is 5.56 Å². The summed E-state index contributed by atoms with van der Waals surface area (Å²) >= 11 is 5.89. The van der Waals surface area contributed by atoms with Crippen LogP contribution in [0.1, 0.15) is 31.4 Å². The molecule has 0 aliphatic heterocycles. The van der Waals surface area contributed by atoms with Crippen LogP contribution in [0.4, 0.5) is 0 Å². The Labute approximate surface area is 103 Å². The fraction of sp³-hybridized carbons (Fsp3) is 0.538. The van der Waals surface area contributed by atoms with E-state index in [2.05, 4.69) is 31.0 Å². The van der Waals surface area contributed by atoms with Crippen molar-refractivity contribution >= 4 is 11.6 Å². The lowest BCUT2D eigenvalue weighted by atomic mass is 10.0. The monoisotopic (exact) mass is 240 g/mol. The van der Waals surface area contributed by atoms with Gasteiger partial charge in [-0.25, -0.2) is 0 Å². The van der Waals surface area contributed by atoms with E-state index in [4.69, 9.17) is 17.3 Å². The third-order valence-electron chi connectivity index (χ3n) is 2.89. The summed E-state index contributed by atoms with van der Waals surface area (Å²) in [5.41, 5.74) is 6.86. The van der Waals surface area contributed by atoms with Gasteiger partial charge < -0.3 is 5.73 Å². The molecule has 90 valence electrons. The second-order valence-electron chi connectivity index (χ2n) is 4.10. The summed E-state index contributed by atoms with van der Waals surface area (Å²) in [5, 5.41) is 0.795. The average Bonchev–Trinajstić information content (AvgIpc) is 2.30. The number of benzene rings is 1. The first kappa shape index (κ1) is 13.5. The number of halogens is 1. The number of hydrogen-bond donors (Lipinski definition) is 1. The van der Waals surface area contributed by atoms with E-state index < -0.39 is 0 Å². The maximum atomic E-state index is 5.89. The molecule has 1 atom stereocenters. The number of hydrogen-bond acceptors (Lipinski definition) is 2. The van der Waals surface area contributed by atoms with Gasteiger partial charge in [0.05, 0.1) is 0 Å². The van der Waals surface area contributed by atoms with Crippen LogP contribution in [0.25, 0.3) is 0 Å². The minimum atomic E-state index is 0.462. The van der Waals surface area contributed by atoms with Crippen molar-refractivity contribution in [2.45, 2.75) is 25.8 Å². The van der Waals surface area contributed by atoms with Gasteiger partial charge in [-0.3, -0.25) is 4.90 Å². The molecule has 0 saturated carbocycles. The molecule has 0 spiro atoms. The highest BCUT2D eigenvalue weighted by Gasteiger charge is 2.13. The first-order valence-corrected chi connectivity index (χ1v) is 6.22. The summed E-state index contributed by atoms with van der Waals surface area (Å²) in [5.74, 6) is 0. The van der Waals surface area contributed by atoms with Crippen LogP contribution in [-0.2, 0) is 0 Å². The van der Waals surface area contributed by atoms with Gasteiger partial charge in [0.15, 0.2) is 0 Å². The van der Waals surface area contributed by atoms with Crippen molar-refractivity contribution < 1.29 is 0 Å². The van der Waals surface area contributed by atoms with Crippen LogP contribution in [0.15, 0.2) is 24.3 Å². The van der Waals surface area contributed by atoms with Crippen LogP contribution in [0.3, 0.4) is 0 Å². The normalized spacial score (nSPS) is 13.1. The van der Waals surface area contributed by atoms with Crippen molar-refractivity contribution in [3.63, 3.8) is 0 Å². The molecule has 2 N–H and O–H groups in total. The van der Waals surface area contributed by atoms with E-state index in [9.17, 15) is 0 Å². The largest absolute Gasteiger partial charge is 0.330 e. The molecule has 0 amide bonds. The summed E-state index contributed by atoms with van der Waals surface area (Å²) in [6, 6.07) is 8.58. The Hall–Kier alpha value is -0.570. The molecule has 0 heterocycles. The van der Waals surface area contributed by atoms with E-state index in [-0.39, 0.29) is 0 Å². The van der Waals surface area contributed by atoms with Gasteiger partial charge in [-0.1, -0.05) is 30.7 Å². The molecule has 0 radical (unpaired) electrons. The van der Waals surface area contributed by atoms with Crippen molar-refractivity contribution in [3.05, 3.63) is 34.9 Å². The maximum absolute atomic E-state index is 5.89. The molecule has 0 aromatic heterocycles. The molecule has 0 bridgehead atoms. The molecule has 2 nitrogen and oxygen atoms in total. The van der Waals surface area contributed by atoms with Gasteiger partial charge in [0, 0.05) is 11.1 Å². The first-order chi connectivity index (χ1) is 7.69. The Morgan fingerprint density at radius 2 is 1.94 bits per heavy atom. The van der Waals surface area contributed by atoms with Gasteiger partial charge in [-0.2, -0.15) is 0 Å². The van der Waals surface area contributed by atoms with E-state index >= 15 is 0 Å². The van der Waals surface area contributed by atoms with E-state index in [0.29, 0.717) is 6.04 Å². The van der Waals surface area contributed by atoms with Crippen LogP contribution >= 0.6 is 11.6 Å². The molecule has 1 rings (SSSR count). The van der Waals surface area contributed by atoms with Crippen molar-refractivity contribution in [2.75, 3.05) is 20.1 Å². The summed E-state index contributed by atoms with van der Waals surface area (Å²) in [4.78, 5) is 2.36. The molecule has 1 aromatic carbocycles. The molecule has 1 unspecified atom stereocenters. The molecular weight excluding hydrogens is 220 g/mol. The van der Waals surface area contributed by atoms with E-state index in [0.717, 1.165) is 31.0 Å². The lowest BCUT2D eigenvalue weighted by Crippen LogP contribution is -2.26. The molecule has 1 aromatic rings. The zero-order valence-corrected chi connectivity index (χ0v) is 10.9. The Morgan fingerprint density at radius 1 is 1.31 bits per heavy atom. The SMILES string of the molecule is CCC(c1ccc(Cl)cc1)N(C)CCCN. The highest BCUT2D eigenvalue weighted by Crippen LogP contribution is 2.24. The van der Waals surface area contributed by atoms with Gasteiger partial charge in [0.1, 0.15) is 0 Å². The van der Waals surface area contributed by atoms with Gasteiger partial charge in [0.25, 0.3) is 0 Å². The molecular formula is C13H21ClN2. The minimum absolute atomic E-state index is 0.462. The summed E-state index contributed by atoms with van der Waals surface area (Å²) in [7, 11) is 2.15. The molecule has 16 heavy (non-hydrogen) atoms. The Balaban J connectivity index is 2.69. The smallest absolute Gasteiger partial charge is 0.0406 e. The van der Waals surface area contributed by atoms with Crippen LogP contribution in [-0.4, -0.2) is 25.0 Å². The molecule has 0 aliphatic rings. The van der Waals surface area contributed by atoms with Crippen LogP contribution in [0.5, 0.6) is 0 Å². The first-order valence-electron chi connectivity index (χ1n) is 5.84. The summed E-state index contributed by atoms with van der Waals surface area (Å²) in [6.07, 6.45) is 2.14. The average molecular weight is 241 g/mol. The predicted molar refractivity (Wildman–Crippen MR) is 70.8 cm³/mol. The second-order valence-corrected chi connectivity index (χ2v) is 4.53. The molecule has 3 heteroatoms. The topological polar surface area (TPSA) is 29.3 Å². The quantitative estimate of drug-likeness (QED) is 0.828. The second kappa shape index (κ2) is 6.89. The molecule has 0 aliphatic carbocycles. The number of nitrogens with two attached hydrogens (primary N) is 1. The zero-order valence-electron chi connectivity index (χ0n) is 10.1. The van der Waals surface area contributed by atoms with Crippen molar-refractivity contribution in [3.8, 4) is 0 Å². The maximum Gasteiger partial charge on any atom is 0.0406 e. The standard InChI is InChI=1S/C13H21ClN2/c1-3-13(16(2)10-4-9-15)11-5-7-12(14)8-6-11/h5-8,13H,3-4,9-10,15H2,1-2H3. The highest BCUT2D eigenvalue weighted by molar-refractivity contribution is 6.30. The Bertz CT molecular complexity index is 297. The fourth-order valence-corrected chi connectivity index (χ4v) is 2.11. The zero-order chi connectivity index (χ0) is 12.0. The van der Waals surface area contributed by atoms with Crippen molar-refractivity contribution in [2.24, 2.45) is 5.73 Å². The van der Waals surface area contributed by atoms with Crippen LogP contribution < -0.4 is 5.73 Å². The van der Waals surface area contributed by atoms with Crippen LogP contribution in [0, 0.1) is 0 Å². The lowest BCUT2D eigenvalue weighted by molar-refractivity contribution is 0.237. The summed E-state index contributed by atoms with van der Waals surface area (Å²) < 4.78 is 0. The molecule has 0 saturated heterocycles. The van der Waals surface area contributed by atoms with Gasteiger partial charge in [-0.05, 0) is 50.7 Å². The lowest BCUT2D eigenvalue weighted by Gasteiger charge is -2.27. The predicted octanol–water partition coefficient (Wildman–Crippen LogP) is 3.07. The van der Waals surface area contributed by atoms with E-state index in [1.807, 2.05) is 12.1 Å². The Morgan fingerprint density at radius 3 is 2.44 bits per heavy atom. The fourth-order valence-electron chi connectivity index (χ4n) is 1.98. The van der Waals surface area contributed by atoms with Gasteiger partial charge in [-0.15, -0.1) is 0 Å².